The number of primary amides is 1. The van der Waals surface area contributed by atoms with Gasteiger partial charge in [0.25, 0.3) is 0 Å². The molecule has 0 heterocycles. The molecule has 0 aromatic heterocycles. The van der Waals surface area contributed by atoms with E-state index in [9.17, 15) is 4.79 Å². The van der Waals surface area contributed by atoms with Gasteiger partial charge in [-0.25, -0.2) is 0 Å². The van der Waals surface area contributed by atoms with Crippen LogP contribution in [-0.2, 0) is 4.79 Å². The average Bonchev–Trinajstić information content (AvgIpc) is 2.74. The van der Waals surface area contributed by atoms with Gasteiger partial charge in [0.1, 0.15) is 0 Å². The van der Waals surface area contributed by atoms with Crippen LogP contribution in [0.4, 0.5) is 0 Å². The van der Waals surface area contributed by atoms with Crippen LogP contribution in [0.2, 0.25) is 0 Å². The molecular formula is C16H30N2O. The minimum Gasteiger partial charge on any atom is -0.368 e. The molecule has 2 saturated carbocycles. The van der Waals surface area contributed by atoms with Crippen molar-refractivity contribution in [2.45, 2.75) is 83.2 Å². The largest absolute Gasteiger partial charge is 0.368 e. The van der Waals surface area contributed by atoms with Crippen LogP contribution in [-0.4, -0.2) is 17.5 Å². The minimum absolute atomic E-state index is 0.121. The molecule has 2 aliphatic rings. The first kappa shape index (κ1) is 14.8. The van der Waals surface area contributed by atoms with Crippen LogP contribution in [0.15, 0.2) is 0 Å². The molecule has 2 fully saturated rings. The molecule has 19 heavy (non-hydrogen) atoms. The normalized spacial score (nSPS) is 33.5. The summed E-state index contributed by atoms with van der Waals surface area (Å²) in [6, 6.07) is 0.517. The number of hydrogen-bond acceptors (Lipinski definition) is 2. The van der Waals surface area contributed by atoms with E-state index >= 15 is 0 Å². The van der Waals surface area contributed by atoms with Crippen molar-refractivity contribution < 1.29 is 4.79 Å². The first-order valence-electron chi connectivity index (χ1n) is 8.11. The summed E-state index contributed by atoms with van der Waals surface area (Å²) in [7, 11) is 0. The van der Waals surface area contributed by atoms with Crippen molar-refractivity contribution in [3.63, 3.8) is 0 Å². The summed E-state index contributed by atoms with van der Waals surface area (Å²) in [4.78, 5) is 12.1. The lowest BCUT2D eigenvalue weighted by Crippen LogP contribution is -2.58. The average molecular weight is 266 g/mol. The smallest absolute Gasteiger partial charge is 0.237 e. The first-order valence-corrected chi connectivity index (χ1v) is 8.11. The first-order chi connectivity index (χ1) is 9.03. The van der Waals surface area contributed by atoms with E-state index in [-0.39, 0.29) is 5.91 Å². The Balaban J connectivity index is 2.04. The van der Waals surface area contributed by atoms with Gasteiger partial charge in [-0.2, -0.15) is 0 Å². The Hall–Kier alpha value is -0.570. The lowest BCUT2D eigenvalue weighted by atomic mass is 9.85. The molecule has 3 nitrogen and oxygen atoms in total. The molecule has 0 aromatic carbocycles. The van der Waals surface area contributed by atoms with Gasteiger partial charge in [-0.1, -0.05) is 39.5 Å². The van der Waals surface area contributed by atoms with Gasteiger partial charge in [0.05, 0.1) is 5.54 Å². The molecule has 110 valence electrons. The fourth-order valence-corrected chi connectivity index (χ4v) is 3.96. The van der Waals surface area contributed by atoms with Crippen LogP contribution in [0.5, 0.6) is 0 Å². The molecular weight excluding hydrogens is 236 g/mol. The van der Waals surface area contributed by atoms with Gasteiger partial charge in [-0.05, 0) is 43.9 Å². The summed E-state index contributed by atoms with van der Waals surface area (Å²) >= 11 is 0. The predicted molar refractivity (Wildman–Crippen MR) is 78.7 cm³/mol. The quantitative estimate of drug-likeness (QED) is 0.769. The number of nitrogens with two attached hydrogens (primary N) is 1. The number of amides is 1. The van der Waals surface area contributed by atoms with Crippen LogP contribution < -0.4 is 11.1 Å². The zero-order chi connectivity index (χ0) is 13.9. The molecule has 2 atom stereocenters. The highest BCUT2D eigenvalue weighted by Crippen LogP contribution is 2.35. The second kappa shape index (κ2) is 6.25. The lowest BCUT2D eigenvalue weighted by Gasteiger charge is -2.34. The van der Waals surface area contributed by atoms with Crippen molar-refractivity contribution >= 4 is 5.91 Å². The second-order valence-electron chi connectivity index (χ2n) is 7.01. The zero-order valence-corrected chi connectivity index (χ0v) is 12.6. The minimum atomic E-state index is -0.418. The molecule has 0 saturated heterocycles. The van der Waals surface area contributed by atoms with Crippen molar-refractivity contribution in [2.24, 2.45) is 17.6 Å². The van der Waals surface area contributed by atoms with Gasteiger partial charge >= 0.3 is 0 Å². The summed E-state index contributed by atoms with van der Waals surface area (Å²) in [6.07, 6.45) is 10.4. The van der Waals surface area contributed by atoms with E-state index in [0.29, 0.717) is 6.04 Å². The second-order valence-corrected chi connectivity index (χ2v) is 7.01. The van der Waals surface area contributed by atoms with E-state index in [1.165, 1.54) is 32.1 Å². The molecule has 3 heteroatoms. The summed E-state index contributed by atoms with van der Waals surface area (Å²) in [5.41, 5.74) is 5.35. The third-order valence-electron chi connectivity index (χ3n) is 5.37. The van der Waals surface area contributed by atoms with E-state index in [1.54, 1.807) is 0 Å². The van der Waals surface area contributed by atoms with Gasteiger partial charge in [0.15, 0.2) is 0 Å². The van der Waals surface area contributed by atoms with Crippen LogP contribution in [0, 0.1) is 11.8 Å². The highest BCUT2D eigenvalue weighted by Gasteiger charge is 2.40. The molecule has 2 rings (SSSR count). The third kappa shape index (κ3) is 3.50. The fraction of sp³-hybridized carbons (Fsp3) is 0.938. The Kier molecular flexibility index (Phi) is 4.88. The summed E-state index contributed by atoms with van der Waals surface area (Å²) in [5.74, 6) is 1.35. The molecule has 2 unspecified atom stereocenters. The van der Waals surface area contributed by atoms with Crippen LogP contribution >= 0.6 is 0 Å². The van der Waals surface area contributed by atoms with Crippen molar-refractivity contribution in [1.82, 2.24) is 5.32 Å². The Labute approximate surface area is 117 Å². The molecule has 1 amide bonds. The monoisotopic (exact) mass is 266 g/mol. The van der Waals surface area contributed by atoms with Crippen LogP contribution in [0.25, 0.3) is 0 Å². The van der Waals surface area contributed by atoms with Gasteiger partial charge in [0, 0.05) is 6.04 Å². The SMILES string of the molecule is CC(C)C1CCCC(NC2CCCC2)(C(N)=O)CC1. The van der Waals surface area contributed by atoms with Gasteiger partial charge in [-0.15, -0.1) is 0 Å². The summed E-state index contributed by atoms with van der Waals surface area (Å²) in [5, 5.41) is 3.66. The Morgan fingerprint density at radius 2 is 1.79 bits per heavy atom. The molecule has 0 radical (unpaired) electrons. The molecule has 0 aromatic rings. The van der Waals surface area contributed by atoms with E-state index in [4.69, 9.17) is 5.73 Å². The Morgan fingerprint density at radius 3 is 2.37 bits per heavy atom. The van der Waals surface area contributed by atoms with E-state index in [0.717, 1.165) is 37.5 Å². The number of carbonyl (C=O) groups excluding carboxylic acids is 1. The van der Waals surface area contributed by atoms with E-state index in [2.05, 4.69) is 19.2 Å². The van der Waals surface area contributed by atoms with Gasteiger partial charge in [-0.3, -0.25) is 4.79 Å². The van der Waals surface area contributed by atoms with Crippen LogP contribution in [0.1, 0.15) is 71.6 Å². The number of hydrogen-bond donors (Lipinski definition) is 2. The number of rotatable bonds is 4. The molecule has 2 aliphatic carbocycles. The fourth-order valence-electron chi connectivity index (χ4n) is 3.96. The maximum Gasteiger partial charge on any atom is 0.237 e. The summed E-state index contributed by atoms with van der Waals surface area (Å²) in [6.45, 7) is 4.60. The molecule has 0 aliphatic heterocycles. The van der Waals surface area contributed by atoms with Crippen LogP contribution in [0.3, 0.4) is 0 Å². The Morgan fingerprint density at radius 1 is 1.11 bits per heavy atom. The topological polar surface area (TPSA) is 55.1 Å². The standard InChI is InChI=1S/C16H30N2O/c1-12(2)13-6-5-10-16(11-9-13,15(17)19)18-14-7-3-4-8-14/h12-14,18H,3-11H2,1-2H3,(H2,17,19). The molecule has 0 spiro atoms. The zero-order valence-electron chi connectivity index (χ0n) is 12.6. The van der Waals surface area contributed by atoms with Crippen molar-refractivity contribution in [3.05, 3.63) is 0 Å². The molecule has 0 bridgehead atoms. The predicted octanol–water partition coefficient (Wildman–Crippen LogP) is 2.98. The summed E-state index contributed by atoms with van der Waals surface area (Å²) < 4.78 is 0. The van der Waals surface area contributed by atoms with Crippen molar-refractivity contribution in [1.29, 1.82) is 0 Å². The van der Waals surface area contributed by atoms with Crippen molar-refractivity contribution in [3.8, 4) is 0 Å². The maximum absolute atomic E-state index is 12.1. The van der Waals surface area contributed by atoms with E-state index < -0.39 is 5.54 Å². The number of carbonyl (C=O) groups is 1. The maximum atomic E-state index is 12.1. The van der Waals surface area contributed by atoms with Crippen molar-refractivity contribution in [2.75, 3.05) is 0 Å². The lowest BCUT2D eigenvalue weighted by molar-refractivity contribution is -0.125. The Bertz CT molecular complexity index is 310. The highest BCUT2D eigenvalue weighted by molar-refractivity contribution is 5.84. The van der Waals surface area contributed by atoms with E-state index in [1.807, 2.05) is 0 Å². The highest BCUT2D eigenvalue weighted by atomic mass is 16.1. The van der Waals surface area contributed by atoms with Gasteiger partial charge in [0.2, 0.25) is 5.91 Å². The van der Waals surface area contributed by atoms with Gasteiger partial charge < -0.3 is 11.1 Å². The number of nitrogens with one attached hydrogen (secondary N) is 1. The molecule has 3 N–H and O–H groups in total. The third-order valence-corrected chi connectivity index (χ3v) is 5.37.